The van der Waals surface area contributed by atoms with Crippen molar-refractivity contribution in [1.82, 2.24) is 5.32 Å². The number of hydrogen-bond acceptors (Lipinski definition) is 5. The minimum Gasteiger partial charge on any atom is -0.396 e. The Balaban J connectivity index is 1.87. The number of anilines is 1. The van der Waals surface area contributed by atoms with E-state index in [0.717, 1.165) is 24.8 Å². The highest BCUT2D eigenvalue weighted by atomic mass is 32.1. The number of amides is 2. The van der Waals surface area contributed by atoms with E-state index in [4.69, 9.17) is 5.11 Å². The number of rotatable bonds is 6. The third-order valence-electron chi connectivity index (χ3n) is 4.33. The molecular formula is C18H22N2O3S2. The van der Waals surface area contributed by atoms with Crippen LogP contribution < -0.4 is 10.6 Å². The lowest BCUT2D eigenvalue weighted by atomic mass is 9.88. The van der Waals surface area contributed by atoms with Crippen molar-refractivity contribution in [2.75, 3.05) is 18.5 Å². The smallest absolute Gasteiger partial charge is 0.266 e. The van der Waals surface area contributed by atoms with E-state index in [0.29, 0.717) is 34.3 Å². The molecule has 2 amide bonds. The zero-order valence-corrected chi connectivity index (χ0v) is 15.8. The van der Waals surface area contributed by atoms with Gasteiger partial charge in [0.15, 0.2) is 0 Å². The number of nitrogens with one attached hydrogen (secondary N) is 2. The molecule has 7 heteroatoms. The molecule has 0 fully saturated rings. The fourth-order valence-corrected chi connectivity index (χ4v) is 5.04. The summed E-state index contributed by atoms with van der Waals surface area (Å²) in [5, 5.41) is 17.2. The van der Waals surface area contributed by atoms with Gasteiger partial charge in [0.1, 0.15) is 5.00 Å². The molecule has 1 unspecified atom stereocenters. The highest BCUT2D eigenvalue weighted by Crippen LogP contribution is 2.39. The molecule has 2 aromatic heterocycles. The van der Waals surface area contributed by atoms with Crippen molar-refractivity contribution in [1.29, 1.82) is 0 Å². The van der Waals surface area contributed by atoms with Crippen LogP contribution in [0.15, 0.2) is 17.5 Å². The van der Waals surface area contributed by atoms with Gasteiger partial charge in [-0.3, -0.25) is 9.59 Å². The van der Waals surface area contributed by atoms with Crippen LogP contribution in [0.1, 0.15) is 50.2 Å². The first-order chi connectivity index (χ1) is 12.1. The molecule has 1 aliphatic carbocycles. The lowest BCUT2D eigenvalue weighted by molar-refractivity contribution is 0.0951. The minimum absolute atomic E-state index is 0.0432. The van der Waals surface area contributed by atoms with E-state index in [9.17, 15) is 9.59 Å². The summed E-state index contributed by atoms with van der Waals surface area (Å²) in [5.74, 6) is 0.255. The molecule has 134 valence electrons. The van der Waals surface area contributed by atoms with Gasteiger partial charge in [0.25, 0.3) is 11.8 Å². The fraction of sp³-hybridized carbons (Fsp3) is 0.444. The summed E-state index contributed by atoms with van der Waals surface area (Å²) in [4.78, 5) is 26.9. The Morgan fingerprint density at radius 3 is 2.92 bits per heavy atom. The van der Waals surface area contributed by atoms with Crippen LogP contribution in [-0.4, -0.2) is 30.1 Å². The van der Waals surface area contributed by atoms with Gasteiger partial charge in [0, 0.05) is 18.0 Å². The predicted molar refractivity (Wildman–Crippen MR) is 102 cm³/mol. The van der Waals surface area contributed by atoms with Gasteiger partial charge < -0.3 is 15.7 Å². The molecule has 3 rings (SSSR count). The third kappa shape index (κ3) is 4.11. The minimum atomic E-state index is -0.175. The first kappa shape index (κ1) is 18.1. The van der Waals surface area contributed by atoms with Crippen molar-refractivity contribution in [2.24, 2.45) is 5.92 Å². The number of carbonyl (C=O) groups is 2. The van der Waals surface area contributed by atoms with Crippen molar-refractivity contribution >= 4 is 39.5 Å². The maximum atomic E-state index is 12.7. The van der Waals surface area contributed by atoms with E-state index in [2.05, 4.69) is 17.6 Å². The van der Waals surface area contributed by atoms with Crippen LogP contribution in [0.5, 0.6) is 0 Å². The van der Waals surface area contributed by atoms with E-state index in [-0.39, 0.29) is 18.4 Å². The number of thiophene rings is 2. The monoisotopic (exact) mass is 378 g/mol. The van der Waals surface area contributed by atoms with E-state index >= 15 is 0 Å². The molecule has 0 saturated carbocycles. The Labute approximate surface area is 155 Å². The van der Waals surface area contributed by atoms with Crippen molar-refractivity contribution in [2.45, 2.75) is 32.6 Å². The Morgan fingerprint density at radius 2 is 2.20 bits per heavy atom. The molecule has 0 aliphatic heterocycles. The van der Waals surface area contributed by atoms with Gasteiger partial charge in [-0.25, -0.2) is 0 Å². The normalized spacial score (nSPS) is 16.3. The van der Waals surface area contributed by atoms with Crippen LogP contribution >= 0.6 is 22.7 Å². The number of carbonyl (C=O) groups excluding carboxylic acids is 2. The van der Waals surface area contributed by atoms with Crippen molar-refractivity contribution in [3.8, 4) is 0 Å². The number of fused-ring (bicyclic) bond motifs is 1. The third-order valence-corrected chi connectivity index (χ3v) is 6.37. The molecular weight excluding hydrogens is 356 g/mol. The first-order valence-electron chi connectivity index (χ1n) is 8.48. The van der Waals surface area contributed by atoms with Crippen LogP contribution in [0.3, 0.4) is 0 Å². The molecule has 2 aromatic rings. The molecule has 0 spiro atoms. The molecule has 0 radical (unpaired) electrons. The largest absolute Gasteiger partial charge is 0.396 e. The van der Waals surface area contributed by atoms with Gasteiger partial charge in [0.05, 0.1) is 10.4 Å². The average molecular weight is 379 g/mol. The molecule has 0 saturated heterocycles. The summed E-state index contributed by atoms with van der Waals surface area (Å²) < 4.78 is 0. The Kier molecular flexibility index (Phi) is 5.88. The van der Waals surface area contributed by atoms with Crippen LogP contribution in [0.2, 0.25) is 0 Å². The fourth-order valence-electron chi connectivity index (χ4n) is 3.02. The summed E-state index contributed by atoms with van der Waals surface area (Å²) in [7, 11) is 0. The lowest BCUT2D eigenvalue weighted by Gasteiger charge is -2.18. The van der Waals surface area contributed by atoms with Crippen LogP contribution in [0, 0.1) is 5.92 Å². The van der Waals surface area contributed by atoms with Crippen molar-refractivity contribution in [3.63, 3.8) is 0 Å². The van der Waals surface area contributed by atoms with E-state index in [1.54, 1.807) is 6.07 Å². The van der Waals surface area contributed by atoms with Gasteiger partial charge in [-0.15, -0.1) is 22.7 Å². The predicted octanol–water partition coefficient (Wildman–Crippen LogP) is 3.30. The molecule has 2 heterocycles. The highest BCUT2D eigenvalue weighted by molar-refractivity contribution is 7.17. The number of aliphatic hydroxyl groups excluding tert-OH is 1. The Morgan fingerprint density at radius 1 is 1.36 bits per heavy atom. The molecule has 0 aromatic carbocycles. The Bertz CT molecular complexity index is 753. The molecule has 0 bridgehead atoms. The van der Waals surface area contributed by atoms with Crippen LogP contribution in [-0.2, 0) is 12.8 Å². The molecule has 1 atom stereocenters. The second kappa shape index (κ2) is 8.12. The maximum Gasteiger partial charge on any atom is 0.266 e. The second-order valence-electron chi connectivity index (χ2n) is 6.32. The molecule has 5 nitrogen and oxygen atoms in total. The molecule has 25 heavy (non-hydrogen) atoms. The van der Waals surface area contributed by atoms with Crippen molar-refractivity contribution < 1.29 is 14.7 Å². The standard InChI is InChI=1S/C18H22N2O3S2/c1-11-5-6-12-14(10-11)25-18(15(12)17(23)19-7-3-8-21)20-16(22)13-4-2-9-24-13/h2,4,9,11,21H,3,5-8,10H2,1H3,(H,19,23)(H,20,22). The zero-order chi connectivity index (χ0) is 17.8. The number of aliphatic hydroxyl groups is 1. The first-order valence-corrected chi connectivity index (χ1v) is 10.2. The van der Waals surface area contributed by atoms with Crippen molar-refractivity contribution in [3.05, 3.63) is 38.4 Å². The summed E-state index contributed by atoms with van der Waals surface area (Å²) in [6.07, 6.45) is 3.39. The summed E-state index contributed by atoms with van der Waals surface area (Å²) in [5.41, 5.74) is 1.68. The summed E-state index contributed by atoms with van der Waals surface area (Å²) >= 11 is 2.90. The van der Waals surface area contributed by atoms with Gasteiger partial charge in [-0.2, -0.15) is 0 Å². The van der Waals surface area contributed by atoms with Gasteiger partial charge in [-0.1, -0.05) is 13.0 Å². The topological polar surface area (TPSA) is 78.4 Å². The van der Waals surface area contributed by atoms with Gasteiger partial charge >= 0.3 is 0 Å². The zero-order valence-electron chi connectivity index (χ0n) is 14.1. The van der Waals surface area contributed by atoms with Crippen LogP contribution in [0.4, 0.5) is 5.00 Å². The Hall–Kier alpha value is -1.70. The summed E-state index contributed by atoms with van der Waals surface area (Å²) in [6, 6.07) is 3.61. The maximum absolute atomic E-state index is 12.7. The van der Waals surface area contributed by atoms with E-state index in [1.807, 2.05) is 11.4 Å². The van der Waals surface area contributed by atoms with Crippen LogP contribution in [0.25, 0.3) is 0 Å². The second-order valence-corrected chi connectivity index (χ2v) is 8.37. The molecule has 3 N–H and O–H groups in total. The quantitative estimate of drug-likeness (QED) is 0.675. The molecule has 1 aliphatic rings. The van der Waals surface area contributed by atoms with Gasteiger partial charge in [0.2, 0.25) is 0 Å². The SMILES string of the molecule is CC1CCc2c(sc(NC(=O)c3cccs3)c2C(=O)NCCCO)C1. The van der Waals surface area contributed by atoms with E-state index in [1.165, 1.54) is 27.6 Å². The van der Waals surface area contributed by atoms with Gasteiger partial charge in [-0.05, 0) is 48.6 Å². The number of hydrogen-bond donors (Lipinski definition) is 3. The average Bonchev–Trinajstić information content (AvgIpc) is 3.22. The lowest BCUT2D eigenvalue weighted by Crippen LogP contribution is -2.27. The highest BCUT2D eigenvalue weighted by Gasteiger charge is 2.28. The summed E-state index contributed by atoms with van der Waals surface area (Å²) in [6.45, 7) is 2.68. The van der Waals surface area contributed by atoms with E-state index < -0.39 is 0 Å².